The van der Waals surface area contributed by atoms with Crippen molar-refractivity contribution in [2.75, 3.05) is 38.1 Å². The topological polar surface area (TPSA) is 129 Å². The van der Waals surface area contributed by atoms with E-state index in [0.717, 1.165) is 0 Å². The summed E-state index contributed by atoms with van der Waals surface area (Å²) in [6.07, 6.45) is 0. The van der Waals surface area contributed by atoms with Crippen LogP contribution >= 0.6 is 0 Å². The molecule has 3 aromatic carbocycles. The molecule has 0 unspecified atom stereocenters. The third kappa shape index (κ3) is 7.59. The van der Waals surface area contributed by atoms with Gasteiger partial charge in [0.25, 0.3) is 11.8 Å². The summed E-state index contributed by atoms with van der Waals surface area (Å²) in [7, 11) is 2.54. The molecule has 3 rings (SSSR count). The molecular formula is C26H24N2O8. The average Bonchev–Trinajstić information content (AvgIpc) is 2.91. The zero-order valence-electron chi connectivity index (χ0n) is 19.6. The number of carbonyl (C=O) groups is 4. The summed E-state index contributed by atoms with van der Waals surface area (Å²) in [5, 5.41) is 5.49. The number of hydrogen-bond acceptors (Lipinski definition) is 8. The van der Waals surface area contributed by atoms with Gasteiger partial charge in [-0.1, -0.05) is 6.07 Å². The molecule has 36 heavy (non-hydrogen) atoms. The fourth-order valence-electron chi connectivity index (χ4n) is 2.88. The lowest BCUT2D eigenvalue weighted by atomic mass is 10.1. The lowest BCUT2D eigenvalue weighted by Crippen LogP contribution is -2.16. The molecule has 186 valence electrons. The number of ether oxygens (including phenoxy) is 4. The van der Waals surface area contributed by atoms with Gasteiger partial charge in [0.15, 0.2) is 13.2 Å². The van der Waals surface area contributed by atoms with Crippen molar-refractivity contribution in [2.24, 2.45) is 0 Å². The molecule has 0 aliphatic heterocycles. The van der Waals surface area contributed by atoms with E-state index in [-0.39, 0.29) is 13.2 Å². The van der Waals surface area contributed by atoms with Crippen LogP contribution in [0.25, 0.3) is 0 Å². The van der Waals surface area contributed by atoms with Crippen molar-refractivity contribution in [3.63, 3.8) is 0 Å². The first-order chi connectivity index (χ1) is 17.4. The van der Waals surface area contributed by atoms with E-state index in [1.807, 2.05) is 0 Å². The predicted molar refractivity (Wildman–Crippen MR) is 130 cm³/mol. The summed E-state index contributed by atoms with van der Waals surface area (Å²) in [5.41, 5.74) is 1.60. The Bertz CT molecular complexity index is 1130. The Morgan fingerprint density at radius 2 is 1.00 bits per heavy atom. The second-order valence-corrected chi connectivity index (χ2v) is 7.27. The van der Waals surface area contributed by atoms with Crippen molar-refractivity contribution in [3.8, 4) is 11.5 Å². The lowest BCUT2D eigenvalue weighted by Gasteiger charge is -2.10. The first-order valence-electron chi connectivity index (χ1n) is 10.7. The number of anilines is 2. The van der Waals surface area contributed by atoms with Gasteiger partial charge in [-0.15, -0.1) is 0 Å². The minimum atomic E-state index is -0.502. The van der Waals surface area contributed by atoms with Gasteiger partial charge in [-0.05, 0) is 66.7 Å². The summed E-state index contributed by atoms with van der Waals surface area (Å²) in [4.78, 5) is 47.6. The van der Waals surface area contributed by atoms with E-state index < -0.39 is 23.8 Å². The van der Waals surface area contributed by atoms with Crippen molar-refractivity contribution >= 4 is 35.1 Å². The highest BCUT2D eigenvalue weighted by Crippen LogP contribution is 2.19. The zero-order chi connectivity index (χ0) is 25.9. The number of nitrogens with one attached hydrogen (secondary N) is 2. The van der Waals surface area contributed by atoms with E-state index in [2.05, 4.69) is 20.1 Å². The van der Waals surface area contributed by atoms with Crippen LogP contribution < -0.4 is 20.1 Å². The molecule has 0 fully saturated rings. The summed E-state index contributed by atoms with van der Waals surface area (Å²) in [6, 6.07) is 19.2. The molecule has 0 saturated heterocycles. The van der Waals surface area contributed by atoms with Crippen LogP contribution in [0.15, 0.2) is 72.8 Å². The molecule has 0 bridgehead atoms. The van der Waals surface area contributed by atoms with E-state index in [9.17, 15) is 19.2 Å². The summed E-state index contributed by atoms with van der Waals surface area (Å²) < 4.78 is 19.6. The molecule has 0 aliphatic rings. The highest BCUT2D eigenvalue weighted by atomic mass is 16.6. The van der Waals surface area contributed by atoms with E-state index in [1.54, 1.807) is 66.7 Å². The monoisotopic (exact) mass is 492 g/mol. The summed E-state index contributed by atoms with van der Waals surface area (Å²) in [5.74, 6) is -0.920. The van der Waals surface area contributed by atoms with Crippen LogP contribution in [0.3, 0.4) is 0 Å². The number of benzene rings is 3. The maximum atomic E-state index is 12.7. The first kappa shape index (κ1) is 25.8. The molecular weight excluding hydrogens is 468 g/mol. The number of amides is 2. The van der Waals surface area contributed by atoms with Gasteiger partial charge in [0, 0.05) is 22.5 Å². The molecule has 3 aromatic rings. The van der Waals surface area contributed by atoms with E-state index in [4.69, 9.17) is 9.47 Å². The van der Waals surface area contributed by atoms with Crippen LogP contribution in [0.5, 0.6) is 11.5 Å². The highest BCUT2D eigenvalue weighted by Gasteiger charge is 2.12. The number of hydrogen-bond donors (Lipinski definition) is 2. The molecule has 0 saturated carbocycles. The van der Waals surface area contributed by atoms with Crippen molar-refractivity contribution < 1.29 is 38.1 Å². The maximum Gasteiger partial charge on any atom is 0.343 e. The smallest absolute Gasteiger partial charge is 0.343 e. The fourth-order valence-corrected chi connectivity index (χ4v) is 2.88. The molecule has 0 aromatic heterocycles. The van der Waals surface area contributed by atoms with Gasteiger partial charge >= 0.3 is 11.9 Å². The Labute approximate surface area is 207 Å². The molecule has 0 heterocycles. The second kappa shape index (κ2) is 12.6. The standard InChI is InChI=1S/C26H24N2O8/c1-33-23(29)15-35-21-10-6-19(7-11-21)27-25(31)17-4-3-5-18(14-17)26(32)28-20-8-12-22(13-9-20)36-16-24(30)34-2/h3-14H,15-16H2,1-2H3,(H,27,31)(H,28,32). The Morgan fingerprint density at radius 3 is 1.36 bits per heavy atom. The van der Waals surface area contributed by atoms with Gasteiger partial charge in [-0.3, -0.25) is 9.59 Å². The lowest BCUT2D eigenvalue weighted by molar-refractivity contribution is -0.143. The van der Waals surface area contributed by atoms with Gasteiger partial charge in [0.1, 0.15) is 11.5 Å². The van der Waals surface area contributed by atoms with Crippen LogP contribution in [0.1, 0.15) is 20.7 Å². The van der Waals surface area contributed by atoms with E-state index in [1.165, 1.54) is 20.3 Å². The molecule has 0 radical (unpaired) electrons. The number of methoxy groups -OCH3 is 2. The van der Waals surface area contributed by atoms with Gasteiger partial charge in [0.05, 0.1) is 14.2 Å². The number of carbonyl (C=O) groups excluding carboxylic acids is 4. The SMILES string of the molecule is COC(=O)COc1ccc(NC(=O)c2cccc(C(=O)Nc3ccc(OCC(=O)OC)cc3)c2)cc1. The van der Waals surface area contributed by atoms with Gasteiger partial charge in [0.2, 0.25) is 0 Å². The largest absolute Gasteiger partial charge is 0.482 e. The highest BCUT2D eigenvalue weighted by molar-refractivity contribution is 6.08. The van der Waals surface area contributed by atoms with Gasteiger partial charge in [-0.2, -0.15) is 0 Å². The average molecular weight is 492 g/mol. The predicted octanol–water partition coefficient (Wildman–Crippen LogP) is 3.29. The Balaban J connectivity index is 1.57. The van der Waals surface area contributed by atoms with E-state index in [0.29, 0.717) is 34.0 Å². The van der Waals surface area contributed by atoms with Crippen LogP contribution in [-0.4, -0.2) is 51.2 Å². The fraction of sp³-hybridized carbons (Fsp3) is 0.154. The van der Waals surface area contributed by atoms with Crippen LogP contribution in [-0.2, 0) is 19.1 Å². The summed E-state index contributed by atoms with van der Waals surface area (Å²) in [6.45, 7) is -0.436. The maximum absolute atomic E-state index is 12.7. The van der Waals surface area contributed by atoms with Crippen molar-refractivity contribution in [1.82, 2.24) is 0 Å². The van der Waals surface area contributed by atoms with Crippen molar-refractivity contribution in [3.05, 3.63) is 83.9 Å². The minimum absolute atomic E-state index is 0.218. The molecule has 0 spiro atoms. The molecule has 10 heteroatoms. The molecule has 10 nitrogen and oxygen atoms in total. The second-order valence-electron chi connectivity index (χ2n) is 7.27. The normalized spacial score (nSPS) is 10.1. The quantitative estimate of drug-likeness (QED) is 0.413. The first-order valence-corrected chi connectivity index (χ1v) is 10.7. The Kier molecular flexibility index (Phi) is 8.99. The van der Waals surface area contributed by atoms with Crippen LogP contribution in [0.4, 0.5) is 11.4 Å². The zero-order valence-corrected chi connectivity index (χ0v) is 19.6. The van der Waals surface area contributed by atoms with Crippen molar-refractivity contribution in [2.45, 2.75) is 0 Å². The van der Waals surface area contributed by atoms with Gasteiger partial charge in [-0.25, -0.2) is 9.59 Å². The summed E-state index contributed by atoms with van der Waals surface area (Å²) >= 11 is 0. The molecule has 2 N–H and O–H groups in total. The minimum Gasteiger partial charge on any atom is -0.482 e. The molecule has 0 aliphatic carbocycles. The van der Waals surface area contributed by atoms with E-state index >= 15 is 0 Å². The van der Waals surface area contributed by atoms with Crippen LogP contribution in [0.2, 0.25) is 0 Å². The Morgan fingerprint density at radius 1 is 0.611 bits per heavy atom. The number of rotatable bonds is 10. The Hall–Kier alpha value is -4.86. The molecule has 0 atom stereocenters. The third-order valence-corrected chi connectivity index (χ3v) is 4.78. The van der Waals surface area contributed by atoms with Gasteiger partial charge < -0.3 is 29.6 Å². The third-order valence-electron chi connectivity index (χ3n) is 4.78. The number of esters is 2. The van der Waals surface area contributed by atoms with Crippen molar-refractivity contribution in [1.29, 1.82) is 0 Å². The van der Waals surface area contributed by atoms with Crippen LogP contribution in [0, 0.1) is 0 Å². The molecule has 2 amide bonds.